The number of carbonyl (C=O) groups excluding carboxylic acids is 2. The number of amides is 3. The molecule has 0 aliphatic rings. The van der Waals surface area contributed by atoms with Crippen LogP contribution in [-0.4, -0.2) is 27.9 Å². The number of rotatable bonds is 4. The summed E-state index contributed by atoms with van der Waals surface area (Å²) in [5.74, 6) is -0.397. The van der Waals surface area contributed by atoms with Crippen molar-refractivity contribution >= 4 is 23.3 Å². The van der Waals surface area contributed by atoms with Gasteiger partial charge >= 0.3 is 6.03 Å². The first-order chi connectivity index (χ1) is 10.6. The van der Waals surface area contributed by atoms with E-state index in [1.807, 2.05) is 13.8 Å². The third kappa shape index (κ3) is 4.27. The molecule has 0 fully saturated rings. The van der Waals surface area contributed by atoms with E-state index >= 15 is 0 Å². The number of hydrogen-bond donors (Lipinski definition) is 3. The molecule has 0 spiro atoms. The Morgan fingerprint density at radius 2 is 1.73 bits per heavy atom. The highest BCUT2D eigenvalue weighted by Crippen LogP contribution is 2.21. The minimum Gasteiger partial charge on any atom is -0.336 e. The van der Waals surface area contributed by atoms with Crippen LogP contribution in [-0.2, 0) is 0 Å². The van der Waals surface area contributed by atoms with Crippen molar-refractivity contribution in [1.82, 2.24) is 15.3 Å². The van der Waals surface area contributed by atoms with Gasteiger partial charge in [0.25, 0.3) is 5.91 Å². The van der Waals surface area contributed by atoms with Crippen LogP contribution >= 0.6 is 0 Å². The van der Waals surface area contributed by atoms with Crippen molar-refractivity contribution in [3.05, 3.63) is 48.5 Å². The molecule has 0 aliphatic carbocycles. The molecule has 0 atom stereocenters. The number of aromatic nitrogens is 2. The lowest BCUT2D eigenvalue weighted by molar-refractivity contribution is 0.102. The van der Waals surface area contributed by atoms with Gasteiger partial charge < -0.3 is 16.0 Å². The van der Waals surface area contributed by atoms with Gasteiger partial charge in [-0.15, -0.1) is 0 Å². The van der Waals surface area contributed by atoms with Crippen LogP contribution in [0.5, 0.6) is 0 Å². The molecule has 22 heavy (non-hydrogen) atoms. The second kappa shape index (κ2) is 7.16. The first-order valence-corrected chi connectivity index (χ1v) is 6.80. The first-order valence-electron chi connectivity index (χ1n) is 6.80. The van der Waals surface area contributed by atoms with E-state index < -0.39 is 5.91 Å². The Bertz CT molecular complexity index is 658. The van der Waals surface area contributed by atoms with Gasteiger partial charge in [0.15, 0.2) is 0 Å². The van der Waals surface area contributed by atoms with E-state index in [-0.39, 0.29) is 17.8 Å². The van der Waals surface area contributed by atoms with E-state index in [4.69, 9.17) is 0 Å². The number of para-hydroxylation sites is 2. The van der Waals surface area contributed by atoms with Crippen LogP contribution < -0.4 is 16.0 Å². The van der Waals surface area contributed by atoms with Crippen molar-refractivity contribution in [3.8, 4) is 0 Å². The zero-order valence-electron chi connectivity index (χ0n) is 12.3. The normalized spacial score (nSPS) is 10.1. The fraction of sp³-hybridized carbons (Fsp3) is 0.200. The van der Waals surface area contributed by atoms with Crippen LogP contribution in [0.4, 0.5) is 16.2 Å². The topological polar surface area (TPSA) is 96.0 Å². The average molecular weight is 299 g/mol. The quantitative estimate of drug-likeness (QED) is 0.806. The highest BCUT2D eigenvalue weighted by Gasteiger charge is 2.12. The molecule has 7 heteroatoms. The Balaban J connectivity index is 2.11. The molecule has 3 amide bonds. The minimum atomic E-state index is -0.397. The Morgan fingerprint density at radius 1 is 1.05 bits per heavy atom. The van der Waals surface area contributed by atoms with Gasteiger partial charge in [-0.05, 0) is 26.0 Å². The van der Waals surface area contributed by atoms with Gasteiger partial charge in [0.05, 0.1) is 17.6 Å². The second-order valence-electron chi connectivity index (χ2n) is 4.84. The van der Waals surface area contributed by atoms with Crippen LogP contribution in [0.15, 0.2) is 42.9 Å². The fourth-order valence-electron chi connectivity index (χ4n) is 1.72. The Hall–Kier alpha value is -2.96. The third-order valence-corrected chi connectivity index (χ3v) is 2.64. The molecule has 0 bridgehead atoms. The summed E-state index contributed by atoms with van der Waals surface area (Å²) in [4.78, 5) is 31.6. The molecule has 2 aromatic rings. The summed E-state index contributed by atoms with van der Waals surface area (Å²) in [5.41, 5.74) is 1.18. The minimum absolute atomic E-state index is 0.0151. The van der Waals surface area contributed by atoms with E-state index in [2.05, 4.69) is 25.9 Å². The summed E-state index contributed by atoms with van der Waals surface area (Å²) in [6.45, 7) is 3.72. The van der Waals surface area contributed by atoms with E-state index in [0.717, 1.165) is 0 Å². The van der Waals surface area contributed by atoms with Crippen LogP contribution in [0.2, 0.25) is 0 Å². The van der Waals surface area contributed by atoms with E-state index in [1.54, 1.807) is 24.3 Å². The summed E-state index contributed by atoms with van der Waals surface area (Å²) < 4.78 is 0. The predicted molar refractivity (Wildman–Crippen MR) is 83.7 cm³/mol. The Labute approximate surface area is 128 Å². The van der Waals surface area contributed by atoms with Crippen LogP contribution in [0.25, 0.3) is 0 Å². The fourth-order valence-corrected chi connectivity index (χ4v) is 1.72. The number of carbonyl (C=O) groups is 2. The van der Waals surface area contributed by atoms with Crippen LogP contribution in [0.3, 0.4) is 0 Å². The maximum absolute atomic E-state index is 12.1. The standard InChI is InChI=1S/C15H17N5O2/c1-10(2)18-15(22)20-12-6-4-3-5-11(12)19-14(21)13-9-16-7-8-17-13/h3-10H,1-2H3,(H,19,21)(H2,18,20,22). The van der Waals surface area contributed by atoms with Gasteiger partial charge in [0.2, 0.25) is 0 Å². The van der Waals surface area contributed by atoms with Gasteiger partial charge in [-0.2, -0.15) is 0 Å². The van der Waals surface area contributed by atoms with Crippen molar-refractivity contribution in [1.29, 1.82) is 0 Å². The zero-order chi connectivity index (χ0) is 15.9. The van der Waals surface area contributed by atoms with Crippen LogP contribution in [0, 0.1) is 0 Å². The summed E-state index contributed by atoms with van der Waals surface area (Å²) in [6.07, 6.45) is 4.30. The van der Waals surface area contributed by atoms with E-state index in [9.17, 15) is 9.59 Å². The largest absolute Gasteiger partial charge is 0.336 e. The monoisotopic (exact) mass is 299 g/mol. The molecule has 1 aromatic heterocycles. The highest BCUT2D eigenvalue weighted by molar-refractivity contribution is 6.05. The molecule has 7 nitrogen and oxygen atoms in total. The number of nitrogens with zero attached hydrogens (tertiary/aromatic N) is 2. The molecule has 1 aromatic carbocycles. The number of urea groups is 1. The summed E-state index contributed by atoms with van der Waals surface area (Å²) >= 11 is 0. The summed E-state index contributed by atoms with van der Waals surface area (Å²) in [7, 11) is 0. The van der Waals surface area contributed by atoms with Crippen molar-refractivity contribution in [2.45, 2.75) is 19.9 Å². The van der Waals surface area contributed by atoms with Gasteiger partial charge in [-0.3, -0.25) is 9.78 Å². The molecular formula is C15H17N5O2. The maximum Gasteiger partial charge on any atom is 0.319 e. The van der Waals surface area contributed by atoms with Crippen molar-refractivity contribution in [3.63, 3.8) is 0 Å². The van der Waals surface area contributed by atoms with E-state index in [0.29, 0.717) is 11.4 Å². The molecule has 0 saturated carbocycles. The number of hydrogen-bond acceptors (Lipinski definition) is 4. The Kier molecular flexibility index (Phi) is 5.02. The lowest BCUT2D eigenvalue weighted by atomic mass is 10.2. The molecule has 1 heterocycles. The van der Waals surface area contributed by atoms with Crippen molar-refractivity contribution in [2.24, 2.45) is 0 Å². The summed E-state index contributed by atoms with van der Waals surface area (Å²) in [5, 5.41) is 8.12. The SMILES string of the molecule is CC(C)NC(=O)Nc1ccccc1NC(=O)c1cnccn1. The average Bonchev–Trinajstić information content (AvgIpc) is 2.49. The lowest BCUT2D eigenvalue weighted by Gasteiger charge is -2.14. The highest BCUT2D eigenvalue weighted by atomic mass is 16.2. The van der Waals surface area contributed by atoms with Crippen LogP contribution in [0.1, 0.15) is 24.3 Å². The van der Waals surface area contributed by atoms with E-state index in [1.165, 1.54) is 18.6 Å². The summed E-state index contributed by atoms with van der Waals surface area (Å²) in [6, 6.07) is 6.60. The van der Waals surface area contributed by atoms with Gasteiger partial charge in [-0.1, -0.05) is 12.1 Å². The molecule has 2 rings (SSSR count). The van der Waals surface area contributed by atoms with Crippen molar-refractivity contribution in [2.75, 3.05) is 10.6 Å². The third-order valence-electron chi connectivity index (χ3n) is 2.64. The maximum atomic E-state index is 12.1. The van der Waals surface area contributed by atoms with Gasteiger partial charge in [0.1, 0.15) is 5.69 Å². The van der Waals surface area contributed by atoms with Gasteiger partial charge in [-0.25, -0.2) is 9.78 Å². The molecule has 0 radical (unpaired) electrons. The smallest absolute Gasteiger partial charge is 0.319 e. The van der Waals surface area contributed by atoms with Crippen molar-refractivity contribution < 1.29 is 9.59 Å². The number of anilines is 2. The molecule has 3 N–H and O–H groups in total. The lowest BCUT2D eigenvalue weighted by Crippen LogP contribution is -2.34. The predicted octanol–water partition coefficient (Wildman–Crippen LogP) is 2.26. The molecule has 0 unspecified atom stereocenters. The number of nitrogens with one attached hydrogen (secondary N) is 3. The zero-order valence-corrected chi connectivity index (χ0v) is 12.3. The molecule has 114 valence electrons. The number of benzene rings is 1. The molecule has 0 aliphatic heterocycles. The first kappa shape index (κ1) is 15.4. The van der Waals surface area contributed by atoms with Gasteiger partial charge in [0, 0.05) is 18.4 Å². The molecule has 0 saturated heterocycles. The molecular weight excluding hydrogens is 282 g/mol. The Morgan fingerprint density at radius 3 is 2.32 bits per heavy atom. The second-order valence-corrected chi connectivity index (χ2v) is 4.84.